The molecule has 0 saturated heterocycles. The van der Waals surface area contributed by atoms with Gasteiger partial charge in [0.1, 0.15) is 5.75 Å². The first kappa shape index (κ1) is 22.7. The molecule has 0 aliphatic rings. The number of amides is 1. The molecule has 1 aromatic heterocycles. The zero-order chi connectivity index (χ0) is 21.7. The average molecular weight is 486 g/mol. The zero-order valence-electron chi connectivity index (χ0n) is 16.2. The third-order valence-electron chi connectivity index (χ3n) is 4.12. The lowest BCUT2D eigenvalue weighted by Crippen LogP contribution is -2.15. The summed E-state index contributed by atoms with van der Waals surface area (Å²) in [5, 5.41) is 13.1. The number of thioether (sulfide) groups is 1. The fourth-order valence-electron chi connectivity index (χ4n) is 2.70. The van der Waals surface area contributed by atoms with Gasteiger partial charge in [0, 0.05) is 6.54 Å². The first-order valence-electron chi connectivity index (χ1n) is 9.11. The van der Waals surface area contributed by atoms with Crippen LogP contribution in [-0.2, 0) is 11.3 Å². The first-order chi connectivity index (χ1) is 14.4. The van der Waals surface area contributed by atoms with E-state index in [4.69, 9.17) is 39.5 Å². The highest BCUT2D eigenvalue weighted by Gasteiger charge is 2.20. The van der Waals surface area contributed by atoms with Gasteiger partial charge in [0.2, 0.25) is 5.91 Å². The molecule has 0 fully saturated rings. The van der Waals surface area contributed by atoms with E-state index in [1.54, 1.807) is 30.3 Å². The number of hydrogen-bond acceptors (Lipinski definition) is 5. The monoisotopic (exact) mass is 484 g/mol. The van der Waals surface area contributed by atoms with E-state index < -0.39 is 0 Å². The Bertz CT molecular complexity index is 1040. The van der Waals surface area contributed by atoms with Crippen LogP contribution in [0.25, 0.3) is 0 Å². The summed E-state index contributed by atoms with van der Waals surface area (Å²) in [5.41, 5.74) is 0.467. The smallest absolute Gasteiger partial charge is 0.234 e. The molecule has 158 valence electrons. The Morgan fingerprint density at radius 3 is 2.60 bits per heavy atom. The molecule has 3 aromatic rings. The number of hydrogen-bond donors (Lipinski definition) is 1. The summed E-state index contributed by atoms with van der Waals surface area (Å²) in [4.78, 5) is 12.3. The lowest BCUT2D eigenvalue weighted by atomic mass is 10.3. The molecule has 30 heavy (non-hydrogen) atoms. The quantitative estimate of drug-likeness (QED) is 0.389. The molecule has 0 radical (unpaired) electrons. The van der Waals surface area contributed by atoms with Gasteiger partial charge in [0.25, 0.3) is 0 Å². The van der Waals surface area contributed by atoms with E-state index in [9.17, 15) is 4.79 Å². The van der Waals surface area contributed by atoms with Crippen molar-refractivity contribution in [3.63, 3.8) is 0 Å². The van der Waals surface area contributed by atoms with Gasteiger partial charge in [0.05, 0.1) is 26.5 Å². The van der Waals surface area contributed by atoms with Crippen LogP contribution in [-0.4, -0.2) is 26.4 Å². The molecular formula is C20H19Cl3N4O2S. The lowest BCUT2D eigenvalue weighted by Gasteiger charge is -2.16. The minimum absolute atomic E-state index is 0.140. The number of para-hydroxylation sites is 1. The topological polar surface area (TPSA) is 69.0 Å². The molecule has 6 nitrogen and oxygen atoms in total. The van der Waals surface area contributed by atoms with Crippen LogP contribution in [0.2, 0.25) is 15.1 Å². The maximum Gasteiger partial charge on any atom is 0.234 e. The van der Waals surface area contributed by atoms with Crippen LogP contribution in [0.15, 0.2) is 47.6 Å². The Hall–Kier alpha value is -1.93. The lowest BCUT2D eigenvalue weighted by molar-refractivity contribution is -0.113. The predicted octanol–water partition coefficient (Wildman–Crippen LogP) is 6.13. The first-order valence-corrected chi connectivity index (χ1v) is 11.2. The third kappa shape index (κ3) is 5.40. The molecule has 1 atom stereocenters. The van der Waals surface area contributed by atoms with Crippen LogP contribution in [0.5, 0.6) is 5.75 Å². The summed E-state index contributed by atoms with van der Waals surface area (Å²) >= 11 is 19.5. The highest BCUT2D eigenvalue weighted by atomic mass is 35.5. The van der Waals surface area contributed by atoms with Crippen LogP contribution in [0.4, 0.5) is 5.69 Å². The second kappa shape index (κ2) is 10.4. The Morgan fingerprint density at radius 1 is 1.13 bits per heavy atom. The number of aromatic nitrogens is 3. The van der Waals surface area contributed by atoms with E-state index in [-0.39, 0.29) is 17.8 Å². The van der Waals surface area contributed by atoms with Gasteiger partial charge in [-0.15, -0.1) is 10.2 Å². The maximum atomic E-state index is 12.3. The largest absolute Gasteiger partial charge is 0.481 e. The van der Waals surface area contributed by atoms with Gasteiger partial charge in [-0.25, -0.2) is 0 Å². The number of carbonyl (C=O) groups is 1. The molecule has 0 bridgehead atoms. The highest BCUT2D eigenvalue weighted by molar-refractivity contribution is 7.99. The van der Waals surface area contributed by atoms with Gasteiger partial charge < -0.3 is 14.6 Å². The standard InChI is InChI=1S/C20H19Cl3N4O2S/c1-3-27-19(12(2)29-16-10-5-4-7-13(16)21)25-26-20(27)30-11-17(28)24-15-9-6-8-14(22)18(15)23/h4-10,12H,3,11H2,1-2H3,(H,24,28). The molecule has 0 aliphatic heterocycles. The number of carbonyl (C=O) groups excluding carboxylic acids is 1. The predicted molar refractivity (Wildman–Crippen MR) is 122 cm³/mol. The van der Waals surface area contributed by atoms with Crippen molar-refractivity contribution in [1.29, 1.82) is 0 Å². The zero-order valence-corrected chi connectivity index (χ0v) is 19.3. The summed E-state index contributed by atoms with van der Waals surface area (Å²) in [7, 11) is 0. The van der Waals surface area contributed by atoms with Crippen molar-refractivity contribution < 1.29 is 9.53 Å². The molecule has 1 unspecified atom stereocenters. The van der Waals surface area contributed by atoms with Crippen LogP contribution >= 0.6 is 46.6 Å². The molecule has 3 rings (SSSR count). The van der Waals surface area contributed by atoms with Gasteiger partial charge in [-0.1, -0.05) is 64.8 Å². The average Bonchev–Trinajstić information content (AvgIpc) is 3.14. The Kier molecular flexibility index (Phi) is 7.88. The number of nitrogens with one attached hydrogen (secondary N) is 1. The highest BCUT2D eigenvalue weighted by Crippen LogP contribution is 2.31. The Morgan fingerprint density at radius 2 is 1.87 bits per heavy atom. The molecule has 2 aromatic carbocycles. The van der Waals surface area contributed by atoms with Crippen molar-refractivity contribution in [3.8, 4) is 5.75 Å². The Labute approximate surface area is 193 Å². The van der Waals surface area contributed by atoms with E-state index in [0.29, 0.717) is 44.0 Å². The number of halogens is 3. The molecule has 0 aliphatic carbocycles. The van der Waals surface area contributed by atoms with Gasteiger partial charge in [0.15, 0.2) is 17.1 Å². The SMILES string of the molecule is CCn1c(SCC(=O)Nc2cccc(Cl)c2Cl)nnc1C(C)Oc1ccccc1Cl. The Balaban J connectivity index is 1.66. The number of anilines is 1. The molecule has 1 amide bonds. The molecule has 0 spiro atoms. The molecule has 1 heterocycles. The maximum absolute atomic E-state index is 12.3. The fourth-order valence-corrected chi connectivity index (χ4v) is 4.04. The van der Waals surface area contributed by atoms with Crippen LogP contribution < -0.4 is 10.1 Å². The second-order valence-corrected chi connectivity index (χ2v) is 8.35. The minimum atomic E-state index is -0.370. The van der Waals surface area contributed by atoms with Crippen LogP contribution in [0, 0.1) is 0 Å². The number of rotatable bonds is 8. The summed E-state index contributed by atoms with van der Waals surface area (Å²) in [6.07, 6.45) is -0.370. The van der Waals surface area contributed by atoms with E-state index in [0.717, 1.165) is 0 Å². The fraction of sp³-hybridized carbons (Fsp3) is 0.250. The molecular weight excluding hydrogens is 467 g/mol. The summed E-state index contributed by atoms with van der Waals surface area (Å²) in [6.45, 7) is 4.48. The van der Waals surface area contributed by atoms with Crippen molar-refractivity contribution in [2.75, 3.05) is 11.1 Å². The van der Waals surface area contributed by atoms with Crippen molar-refractivity contribution in [2.24, 2.45) is 0 Å². The van der Waals surface area contributed by atoms with Crippen molar-refractivity contribution in [2.45, 2.75) is 31.7 Å². The molecule has 0 saturated carbocycles. The molecule has 10 heteroatoms. The van der Waals surface area contributed by atoms with Gasteiger partial charge in [-0.2, -0.15) is 0 Å². The summed E-state index contributed by atoms with van der Waals surface area (Å²) < 4.78 is 7.85. The van der Waals surface area contributed by atoms with Crippen LogP contribution in [0.3, 0.4) is 0 Å². The van der Waals surface area contributed by atoms with Crippen molar-refractivity contribution in [3.05, 3.63) is 63.4 Å². The van der Waals surface area contributed by atoms with E-state index in [1.165, 1.54) is 11.8 Å². The van der Waals surface area contributed by atoms with Gasteiger partial charge in [-0.05, 0) is 38.1 Å². The van der Waals surface area contributed by atoms with Crippen molar-refractivity contribution >= 4 is 58.2 Å². The summed E-state index contributed by atoms with van der Waals surface area (Å²) in [6, 6.07) is 12.3. The van der Waals surface area contributed by atoms with E-state index >= 15 is 0 Å². The number of ether oxygens (including phenoxy) is 1. The van der Waals surface area contributed by atoms with Crippen molar-refractivity contribution in [1.82, 2.24) is 14.8 Å². The van der Waals surface area contributed by atoms with Gasteiger partial charge >= 0.3 is 0 Å². The second-order valence-electron chi connectivity index (χ2n) is 6.21. The van der Waals surface area contributed by atoms with E-state index in [2.05, 4.69) is 15.5 Å². The third-order valence-corrected chi connectivity index (χ3v) is 6.22. The minimum Gasteiger partial charge on any atom is -0.481 e. The number of nitrogens with zero attached hydrogens (tertiary/aromatic N) is 3. The van der Waals surface area contributed by atoms with E-state index in [1.807, 2.05) is 30.5 Å². The van der Waals surface area contributed by atoms with Gasteiger partial charge in [-0.3, -0.25) is 4.79 Å². The number of benzene rings is 2. The van der Waals surface area contributed by atoms with Crippen LogP contribution in [0.1, 0.15) is 25.8 Å². The normalized spacial score (nSPS) is 11.9. The molecule has 1 N–H and O–H groups in total. The summed E-state index contributed by atoms with van der Waals surface area (Å²) in [5.74, 6) is 1.14.